The quantitative estimate of drug-likeness (QED) is 0.667. The van der Waals surface area contributed by atoms with Crippen molar-refractivity contribution < 1.29 is 4.74 Å². The zero-order valence-corrected chi connectivity index (χ0v) is 16.4. The van der Waals surface area contributed by atoms with Crippen molar-refractivity contribution in [3.63, 3.8) is 0 Å². The number of hydrogen-bond donors (Lipinski definition) is 3. The Morgan fingerprint density at radius 1 is 1.26 bits per heavy atom. The third kappa shape index (κ3) is 5.45. The number of anilines is 1. The largest absolute Gasteiger partial charge is 0.487 e. The van der Waals surface area contributed by atoms with E-state index in [1.165, 1.54) is 32.1 Å². The van der Waals surface area contributed by atoms with Crippen LogP contribution >= 0.6 is 0 Å². The molecule has 5 N–H and O–H groups in total. The molecule has 6 nitrogen and oxygen atoms in total. The van der Waals surface area contributed by atoms with E-state index in [-0.39, 0.29) is 6.10 Å². The minimum Gasteiger partial charge on any atom is -0.487 e. The number of nitrogen functional groups attached to an aromatic ring is 1. The molecule has 1 saturated carbocycles. The van der Waals surface area contributed by atoms with Crippen LogP contribution in [0.25, 0.3) is 5.57 Å². The van der Waals surface area contributed by atoms with E-state index in [2.05, 4.69) is 17.2 Å². The first-order valence-corrected chi connectivity index (χ1v) is 10.3. The summed E-state index contributed by atoms with van der Waals surface area (Å²) in [5, 5.41) is 3.35. The number of hydrogen-bond acceptors (Lipinski definition) is 6. The van der Waals surface area contributed by atoms with Crippen LogP contribution in [-0.2, 0) is 0 Å². The number of ether oxygens (including phenoxy) is 1. The lowest BCUT2D eigenvalue weighted by atomic mass is 9.86. The normalized spacial score (nSPS) is 21.4. The van der Waals surface area contributed by atoms with Crippen LogP contribution in [0.3, 0.4) is 0 Å². The number of nitrogens with zero attached hydrogens (tertiary/aromatic N) is 2. The lowest BCUT2D eigenvalue weighted by Crippen LogP contribution is -2.29. The van der Waals surface area contributed by atoms with E-state index in [9.17, 15) is 0 Å². The number of nitrogens with two attached hydrogens (primary N) is 2. The number of aliphatic imine (C=N–C) groups is 1. The van der Waals surface area contributed by atoms with Gasteiger partial charge in [0, 0.05) is 29.7 Å². The van der Waals surface area contributed by atoms with Gasteiger partial charge in [-0.05, 0) is 57.7 Å². The fraction of sp³-hybridized carbons (Fsp3) is 0.619. The van der Waals surface area contributed by atoms with Crippen molar-refractivity contribution in [1.29, 1.82) is 0 Å². The molecule has 0 spiro atoms. The fourth-order valence-electron chi connectivity index (χ4n) is 3.96. The van der Waals surface area contributed by atoms with Gasteiger partial charge in [-0.3, -0.25) is 4.99 Å². The number of piperidine rings is 1. The minimum absolute atomic E-state index is 0.137. The second-order valence-corrected chi connectivity index (χ2v) is 7.71. The van der Waals surface area contributed by atoms with Crippen LogP contribution in [-0.4, -0.2) is 36.4 Å². The van der Waals surface area contributed by atoms with Gasteiger partial charge in [-0.1, -0.05) is 19.3 Å². The number of aromatic nitrogens is 1. The van der Waals surface area contributed by atoms with Crippen LogP contribution in [0, 0.1) is 5.92 Å². The number of nitrogens with one attached hydrogen (secondary N) is 1. The summed E-state index contributed by atoms with van der Waals surface area (Å²) in [6.45, 7) is 4.18. The highest BCUT2D eigenvalue weighted by Gasteiger charge is 2.22. The van der Waals surface area contributed by atoms with E-state index in [0.717, 1.165) is 37.1 Å². The van der Waals surface area contributed by atoms with Gasteiger partial charge in [-0.15, -0.1) is 0 Å². The van der Waals surface area contributed by atoms with Gasteiger partial charge in [-0.2, -0.15) is 0 Å². The van der Waals surface area contributed by atoms with Crippen LogP contribution in [0.15, 0.2) is 23.5 Å². The van der Waals surface area contributed by atoms with Gasteiger partial charge in [0.2, 0.25) is 0 Å². The molecule has 1 atom stereocenters. The molecule has 2 fully saturated rings. The van der Waals surface area contributed by atoms with E-state index in [0.29, 0.717) is 23.5 Å². The summed E-state index contributed by atoms with van der Waals surface area (Å²) in [4.78, 5) is 9.03. The molecule has 1 aromatic heterocycles. The molecule has 1 aromatic rings. The molecule has 27 heavy (non-hydrogen) atoms. The van der Waals surface area contributed by atoms with E-state index >= 15 is 0 Å². The van der Waals surface area contributed by atoms with Crippen LogP contribution in [0.1, 0.15) is 57.4 Å². The first kappa shape index (κ1) is 19.7. The van der Waals surface area contributed by atoms with Crippen LogP contribution < -0.4 is 21.5 Å². The van der Waals surface area contributed by atoms with Crippen molar-refractivity contribution in [3.05, 3.63) is 24.0 Å². The van der Waals surface area contributed by atoms with Crippen molar-refractivity contribution in [1.82, 2.24) is 10.3 Å². The van der Waals surface area contributed by atoms with Gasteiger partial charge < -0.3 is 21.5 Å². The summed E-state index contributed by atoms with van der Waals surface area (Å²) in [6, 6.07) is 2.29. The predicted octanol–water partition coefficient (Wildman–Crippen LogP) is 3.13. The molecule has 6 heteroatoms. The fourth-order valence-corrected chi connectivity index (χ4v) is 3.96. The minimum atomic E-state index is 0.137. The summed E-state index contributed by atoms with van der Waals surface area (Å²) in [5.74, 6) is 1.65. The second kappa shape index (κ2) is 9.74. The van der Waals surface area contributed by atoms with Gasteiger partial charge in [0.15, 0.2) is 11.6 Å². The van der Waals surface area contributed by atoms with Crippen molar-refractivity contribution >= 4 is 17.6 Å². The Balaban J connectivity index is 1.69. The van der Waals surface area contributed by atoms with Crippen LogP contribution in [0.5, 0.6) is 5.75 Å². The van der Waals surface area contributed by atoms with Crippen LogP contribution in [0.2, 0.25) is 0 Å². The molecule has 1 aliphatic carbocycles. The Morgan fingerprint density at radius 3 is 2.70 bits per heavy atom. The molecule has 1 aliphatic heterocycles. The third-order valence-electron chi connectivity index (χ3n) is 5.75. The maximum atomic E-state index is 6.21. The molecule has 2 aliphatic rings. The van der Waals surface area contributed by atoms with Gasteiger partial charge >= 0.3 is 0 Å². The molecule has 1 unspecified atom stereocenters. The zero-order valence-electron chi connectivity index (χ0n) is 16.4. The molecule has 148 valence electrons. The van der Waals surface area contributed by atoms with Crippen molar-refractivity contribution in [2.45, 2.75) is 64.0 Å². The highest BCUT2D eigenvalue weighted by atomic mass is 16.5. The van der Waals surface area contributed by atoms with E-state index < -0.39 is 0 Å². The van der Waals surface area contributed by atoms with E-state index in [1.807, 2.05) is 12.3 Å². The molecule has 0 bridgehead atoms. The number of rotatable bonds is 6. The smallest absolute Gasteiger partial charge is 0.166 e. The van der Waals surface area contributed by atoms with Crippen molar-refractivity contribution in [3.8, 4) is 5.75 Å². The van der Waals surface area contributed by atoms with Crippen molar-refractivity contribution in [2.24, 2.45) is 16.6 Å². The molecule has 0 amide bonds. The standard InChI is InChI=1S/C21H33N5O/c1-15(16-5-3-2-4-6-16)27-20-11-17(13-26-21(20)23)18(12-22)14-25-19-7-9-24-10-8-19/h11-16,19,24H,2-10,22H2,1H3,(H2,23,26). The first-order chi connectivity index (χ1) is 13.2. The Bertz CT molecular complexity index is 661. The van der Waals surface area contributed by atoms with Crippen LogP contribution in [0.4, 0.5) is 5.82 Å². The first-order valence-electron chi connectivity index (χ1n) is 10.3. The van der Waals surface area contributed by atoms with Gasteiger partial charge in [0.25, 0.3) is 0 Å². The Labute approximate surface area is 162 Å². The lowest BCUT2D eigenvalue weighted by Gasteiger charge is -2.28. The Hall–Kier alpha value is -2.08. The highest BCUT2D eigenvalue weighted by Crippen LogP contribution is 2.31. The monoisotopic (exact) mass is 371 g/mol. The highest BCUT2D eigenvalue weighted by molar-refractivity contribution is 6.09. The average molecular weight is 372 g/mol. The summed E-state index contributed by atoms with van der Waals surface area (Å²) < 4.78 is 6.21. The molecule has 3 rings (SSSR count). The average Bonchev–Trinajstić information content (AvgIpc) is 2.72. The van der Waals surface area contributed by atoms with E-state index in [4.69, 9.17) is 21.2 Å². The maximum Gasteiger partial charge on any atom is 0.166 e. The maximum absolute atomic E-state index is 6.21. The second-order valence-electron chi connectivity index (χ2n) is 7.71. The molecule has 0 radical (unpaired) electrons. The SMILES string of the molecule is CC(Oc1cc(C(C=NC2CCNCC2)=CN)cnc1N)C1CCCCC1. The number of allylic oxidation sites excluding steroid dienone is 1. The Kier molecular flexibility index (Phi) is 7.10. The molecule has 0 aromatic carbocycles. The number of pyridine rings is 1. The summed E-state index contributed by atoms with van der Waals surface area (Å²) >= 11 is 0. The predicted molar refractivity (Wildman–Crippen MR) is 112 cm³/mol. The van der Waals surface area contributed by atoms with Gasteiger partial charge in [0.1, 0.15) is 0 Å². The van der Waals surface area contributed by atoms with E-state index in [1.54, 1.807) is 12.4 Å². The van der Waals surface area contributed by atoms with Crippen molar-refractivity contribution in [2.75, 3.05) is 18.8 Å². The third-order valence-corrected chi connectivity index (χ3v) is 5.75. The molecule has 2 heterocycles. The van der Waals surface area contributed by atoms with Gasteiger partial charge in [-0.25, -0.2) is 4.98 Å². The molecular weight excluding hydrogens is 338 g/mol. The molecule has 1 saturated heterocycles. The summed E-state index contributed by atoms with van der Waals surface area (Å²) in [6.07, 6.45) is 13.8. The summed E-state index contributed by atoms with van der Waals surface area (Å²) in [5.41, 5.74) is 13.7. The zero-order chi connectivity index (χ0) is 19.1. The summed E-state index contributed by atoms with van der Waals surface area (Å²) in [7, 11) is 0. The lowest BCUT2D eigenvalue weighted by molar-refractivity contribution is 0.124. The van der Waals surface area contributed by atoms with Gasteiger partial charge in [0.05, 0.1) is 12.1 Å². The molecular formula is C21H33N5O. The topological polar surface area (TPSA) is 98.5 Å². The Morgan fingerprint density at radius 2 is 2.00 bits per heavy atom.